The average Bonchev–Trinajstić information content (AvgIpc) is 2.74. The summed E-state index contributed by atoms with van der Waals surface area (Å²) in [6, 6.07) is 7.63. The van der Waals surface area contributed by atoms with E-state index in [9.17, 15) is 4.79 Å². The Labute approximate surface area is 101 Å². The van der Waals surface area contributed by atoms with E-state index in [4.69, 9.17) is 5.21 Å². The summed E-state index contributed by atoms with van der Waals surface area (Å²) in [7, 11) is 0. The first-order valence-corrected chi connectivity index (χ1v) is 6.07. The van der Waals surface area contributed by atoms with Gasteiger partial charge in [0.1, 0.15) is 0 Å². The van der Waals surface area contributed by atoms with Crippen molar-refractivity contribution in [3.05, 3.63) is 35.4 Å². The topological polar surface area (TPSA) is 52.6 Å². The highest BCUT2D eigenvalue weighted by atomic mass is 16.5. The number of nitrogens with zero attached hydrogens (tertiary/aromatic N) is 1. The lowest BCUT2D eigenvalue weighted by atomic mass is 10.1. The van der Waals surface area contributed by atoms with Crippen LogP contribution in [0.4, 0.5) is 0 Å². The third-order valence-corrected chi connectivity index (χ3v) is 3.03. The second-order valence-corrected chi connectivity index (χ2v) is 4.35. The van der Waals surface area contributed by atoms with Gasteiger partial charge in [0, 0.05) is 25.2 Å². The molecule has 1 aromatic rings. The maximum atomic E-state index is 11.0. The van der Waals surface area contributed by atoms with Crippen LogP contribution < -0.4 is 5.32 Å². The molecule has 0 spiro atoms. The molecule has 1 aromatic carbocycles. The zero-order chi connectivity index (χ0) is 12.1. The number of rotatable bonds is 0. The van der Waals surface area contributed by atoms with Gasteiger partial charge in [0.05, 0.1) is 0 Å². The third kappa shape index (κ3) is 3.28. The van der Waals surface area contributed by atoms with Crippen LogP contribution in [0.2, 0.25) is 0 Å². The lowest BCUT2D eigenvalue weighted by Gasteiger charge is -2.18. The Morgan fingerprint density at radius 1 is 1.12 bits per heavy atom. The van der Waals surface area contributed by atoms with Crippen LogP contribution in [-0.2, 0) is 6.54 Å². The Morgan fingerprint density at radius 2 is 1.82 bits per heavy atom. The highest BCUT2D eigenvalue weighted by Gasteiger charge is 2.16. The smallest absolute Gasteiger partial charge is 0.251 e. The van der Waals surface area contributed by atoms with Crippen LogP contribution in [0.3, 0.4) is 0 Å². The van der Waals surface area contributed by atoms with Crippen LogP contribution in [0.25, 0.3) is 0 Å². The fraction of sp³-hybridized carbons (Fsp3) is 0.462. The Bertz CT molecular complexity index is 387. The molecular formula is C13H18N2O2. The van der Waals surface area contributed by atoms with Gasteiger partial charge in [0.25, 0.3) is 5.91 Å². The molecule has 2 N–H and O–H groups in total. The van der Waals surface area contributed by atoms with E-state index in [2.05, 4.69) is 5.32 Å². The van der Waals surface area contributed by atoms with Crippen molar-refractivity contribution in [1.29, 1.82) is 0 Å². The number of amides is 1. The van der Waals surface area contributed by atoms with Crippen LogP contribution >= 0.6 is 0 Å². The van der Waals surface area contributed by atoms with Crippen LogP contribution in [0.15, 0.2) is 24.3 Å². The van der Waals surface area contributed by atoms with Gasteiger partial charge >= 0.3 is 0 Å². The number of hydrogen-bond acceptors (Lipinski definition) is 3. The summed E-state index contributed by atoms with van der Waals surface area (Å²) in [4.78, 5) is 11.0. The summed E-state index contributed by atoms with van der Waals surface area (Å²) >= 11 is 0. The standard InChI is InChI=1S/C8H7NO.C5H11NO/c10-8-7-4-2-1-3-6(7)5-9-8;7-6-4-2-1-3-5-6/h1-4H,5H2,(H,9,10);7H,1-5H2. The van der Waals surface area contributed by atoms with Crippen molar-refractivity contribution in [1.82, 2.24) is 10.4 Å². The number of carbonyl (C=O) groups is 1. The monoisotopic (exact) mass is 234 g/mol. The molecule has 0 aliphatic carbocycles. The SMILES string of the molecule is O=C1NCc2ccccc21.ON1CCCCC1. The maximum absolute atomic E-state index is 11.0. The van der Waals surface area contributed by atoms with Crippen molar-refractivity contribution in [2.24, 2.45) is 0 Å². The number of nitrogens with one attached hydrogen (secondary N) is 1. The molecule has 0 aromatic heterocycles. The molecule has 4 nitrogen and oxygen atoms in total. The summed E-state index contributed by atoms with van der Waals surface area (Å²) in [6.45, 7) is 2.44. The molecule has 1 amide bonds. The molecule has 2 aliphatic heterocycles. The lowest BCUT2D eigenvalue weighted by molar-refractivity contribution is -0.103. The molecule has 0 unspecified atom stereocenters. The molecule has 0 radical (unpaired) electrons. The van der Waals surface area contributed by atoms with Crippen molar-refractivity contribution >= 4 is 5.91 Å². The second-order valence-electron chi connectivity index (χ2n) is 4.35. The zero-order valence-corrected chi connectivity index (χ0v) is 9.85. The molecular weight excluding hydrogens is 216 g/mol. The summed E-state index contributed by atoms with van der Waals surface area (Å²) in [5, 5.41) is 12.9. The van der Waals surface area contributed by atoms with Gasteiger partial charge in [0.15, 0.2) is 0 Å². The van der Waals surface area contributed by atoms with E-state index in [-0.39, 0.29) is 5.91 Å². The van der Waals surface area contributed by atoms with Gasteiger partial charge in [-0.05, 0) is 24.5 Å². The molecule has 92 valence electrons. The minimum Gasteiger partial charge on any atom is -0.348 e. The summed E-state index contributed by atoms with van der Waals surface area (Å²) in [5.41, 5.74) is 1.93. The van der Waals surface area contributed by atoms with E-state index in [1.807, 2.05) is 24.3 Å². The minimum absolute atomic E-state index is 0.0515. The highest BCUT2D eigenvalue weighted by Crippen LogP contribution is 2.13. The first-order valence-electron chi connectivity index (χ1n) is 6.07. The average molecular weight is 234 g/mol. The van der Waals surface area contributed by atoms with E-state index in [0.29, 0.717) is 6.54 Å². The fourth-order valence-corrected chi connectivity index (χ4v) is 2.04. The van der Waals surface area contributed by atoms with Crippen LogP contribution in [0.5, 0.6) is 0 Å². The molecule has 0 saturated carbocycles. The molecule has 1 fully saturated rings. The number of fused-ring (bicyclic) bond motifs is 1. The largest absolute Gasteiger partial charge is 0.348 e. The predicted molar refractivity (Wildman–Crippen MR) is 64.8 cm³/mol. The molecule has 2 aliphatic rings. The van der Waals surface area contributed by atoms with E-state index in [1.165, 1.54) is 11.5 Å². The van der Waals surface area contributed by atoms with Crippen molar-refractivity contribution < 1.29 is 10.0 Å². The van der Waals surface area contributed by atoms with E-state index < -0.39 is 0 Å². The first kappa shape index (κ1) is 12.1. The Balaban J connectivity index is 0.000000136. The van der Waals surface area contributed by atoms with Crippen LogP contribution in [0.1, 0.15) is 35.2 Å². The Hall–Kier alpha value is -1.39. The van der Waals surface area contributed by atoms with Crippen molar-refractivity contribution in [2.75, 3.05) is 13.1 Å². The van der Waals surface area contributed by atoms with Gasteiger partial charge in [0.2, 0.25) is 0 Å². The highest BCUT2D eigenvalue weighted by molar-refractivity contribution is 5.98. The summed E-state index contributed by atoms with van der Waals surface area (Å²) in [6.07, 6.45) is 3.62. The van der Waals surface area contributed by atoms with Gasteiger partial charge in [-0.3, -0.25) is 4.79 Å². The van der Waals surface area contributed by atoms with E-state index in [0.717, 1.165) is 37.1 Å². The van der Waals surface area contributed by atoms with E-state index in [1.54, 1.807) is 0 Å². The number of benzene rings is 1. The predicted octanol–water partition coefficient (Wildman–Crippen LogP) is 1.79. The van der Waals surface area contributed by atoms with Crippen molar-refractivity contribution in [2.45, 2.75) is 25.8 Å². The molecule has 1 saturated heterocycles. The van der Waals surface area contributed by atoms with Crippen LogP contribution in [0, 0.1) is 0 Å². The summed E-state index contributed by atoms with van der Waals surface area (Å²) < 4.78 is 0. The van der Waals surface area contributed by atoms with Gasteiger partial charge < -0.3 is 10.5 Å². The number of piperidine rings is 1. The van der Waals surface area contributed by atoms with Crippen molar-refractivity contribution in [3.63, 3.8) is 0 Å². The molecule has 4 heteroatoms. The lowest BCUT2D eigenvalue weighted by Crippen LogP contribution is -2.25. The fourth-order valence-electron chi connectivity index (χ4n) is 2.04. The van der Waals surface area contributed by atoms with Crippen LogP contribution in [-0.4, -0.2) is 29.3 Å². The molecule has 0 atom stereocenters. The Morgan fingerprint density at radius 3 is 2.41 bits per heavy atom. The third-order valence-electron chi connectivity index (χ3n) is 3.03. The molecule has 0 bridgehead atoms. The van der Waals surface area contributed by atoms with E-state index >= 15 is 0 Å². The van der Waals surface area contributed by atoms with Gasteiger partial charge in [-0.15, -0.1) is 0 Å². The van der Waals surface area contributed by atoms with Gasteiger partial charge in [-0.25, -0.2) is 0 Å². The summed E-state index contributed by atoms with van der Waals surface area (Å²) in [5.74, 6) is 0.0515. The first-order chi connectivity index (χ1) is 8.27. The molecule has 3 rings (SSSR count). The van der Waals surface area contributed by atoms with Crippen molar-refractivity contribution in [3.8, 4) is 0 Å². The molecule has 2 heterocycles. The zero-order valence-electron chi connectivity index (χ0n) is 9.85. The van der Waals surface area contributed by atoms with Gasteiger partial charge in [-0.2, -0.15) is 5.06 Å². The normalized spacial score (nSPS) is 19.0. The second kappa shape index (κ2) is 5.80. The number of carbonyl (C=O) groups excluding carboxylic acids is 1. The van der Waals surface area contributed by atoms with Gasteiger partial charge in [-0.1, -0.05) is 24.6 Å². The Kier molecular flexibility index (Phi) is 4.12. The quantitative estimate of drug-likeness (QED) is 0.719. The minimum atomic E-state index is 0.0515. The number of hydroxylamine groups is 2. The maximum Gasteiger partial charge on any atom is 0.251 e. The molecule has 17 heavy (non-hydrogen) atoms. The number of hydrogen-bond donors (Lipinski definition) is 2.